The Balaban J connectivity index is 1.38. The number of fused-ring (bicyclic) bond motifs is 1. The van der Waals surface area contributed by atoms with Gasteiger partial charge in [0.1, 0.15) is 24.7 Å². The van der Waals surface area contributed by atoms with Gasteiger partial charge in [0, 0.05) is 17.5 Å². The van der Waals surface area contributed by atoms with E-state index in [-0.39, 0.29) is 24.4 Å². The van der Waals surface area contributed by atoms with Gasteiger partial charge in [0.15, 0.2) is 6.10 Å². The fourth-order valence-electron chi connectivity index (χ4n) is 3.91. The molecule has 204 valence electrons. The van der Waals surface area contributed by atoms with Gasteiger partial charge in [-0.05, 0) is 29.8 Å². The number of carboxylic acids is 1. The van der Waals surface area contributed by atoms with Gasteiger partial charge in [0.05, 0.1) is 16.8 Å². The van der Waals surface area contributed by atoms with E-state index >= 15 is 0 Å². The van der Waals surface area contributed by atoms with Crippen molar-refractivity contribution in [2.45, 2.75) is 25.2 Å². The fourth-order valence-corrected chi connectivity index (χ4v) is 4.86. The van der Waals surface area contributed by atoms with E-state index in [1.54, 1.807) is 47.0 Å². The third-order valence-corrected chi connectivity index (χ3v) is 6.68. The van der Waals surface area contributed by atoms with Gasteiger partial charge in [-0.1, -0.05) is 65.0 Å². The second-order valence-corrected chi connectivity index (χ2v) is 9.46. The van der Waals surface area contributed by atoms with Crippen LogP contribution in [0.5, 0.6) is 5.75 Å². The molecule has 0 radical (unpaired) electrons. The Bertz CT molecular complexity index is 1510. The molecule has 1 heterocycles. The summed E-state index contributed by atoms with van der Waals surface area (Å²) < 4.78 is 49.6. The molecule has 1 unspecified atom stereocenters. The molecule has 3 aromatic carbocycles. The van der Waals surface area contributed by atoms with Gasteiger partial charge in [-0.15, -0.1) is 0 Å². The first kappa shape index (κ1) is 27.9. The smallest absolute Gasteiger partial charge is 0.411 e. The maximum absolute atomic E-state index is 12.6. The average Bonchev–Trinajstić information content (AvgIpc) is 3.22. The molecule has 2 N–H and O–H groups in total. The van der Waals surface area contributed by atoms with Crippen LogP contribution in [-0.4, -0.2) is 52.1 Å². The van der Waals surface area contributed by atoms with Crippen LogP contribution in [0.2, 0.25) is 0 Å². The minimum atomic E-state index is -4.62. The van der Waals surface area contributed by atoms with Crippen molar-refractivity contribution >= 4 is 33.2 Å². The first-order chi connectivity index (χ1) is 18.6. The molecule has 0 bridgehead atoms. The van der Waals surface area contributed by atoms with E-state index in [2.05, 4.69) is 9.89 Å². The summed E-state index contributed by atoms with van der Waals surface area (Å²) in [5.74, 6) is -1.04. The number of carbonyl (C=O) groups is 1. The number of carboxylic acid groups (broad SMARTS) is 1. The molecule has 1 aromatic heterocycles. The summed E-state index contributed by atoms with van der Waals surface area (Å²) in [5, 5.41) is 22.1. The number of benzene rings is 3. The highest BCUT2D eigenvalue weighted by Crippen LogP contribution is 2.22. The summed E-state index contributed by atoms with van der Waals surface area (Å²) in [6.45, 7) is -1.23. The summed E-state index contributed by atoms with van der Waals surface area (Å²) >= 11 is 1.06. The molecule has 12 heteroatoms. The number of thiazole rings is 1. The SMILES string of the molecule is O=C(O)C(Cc1ccc(OCCn2c(=O)sc3cc(C(=NO)c4ccccc4)ccc32)cc1)OCC(F)(F)F. The number of halogens is 3. The van der Waals surface area contributed by atoms with Crippen molar-refractivity contribution in [3.8, 4) is 5.75 Å². The van der Waals surface area contributed by atoms with Crippen LogP contribution in [0.3, 0.4) is 0 Å². The molecular weight excluding hydrogens is 537 g/mol. The molecule has 1 atom stereocenters. The Labute approximate surface area is 224 Å². The molecular formula is C27H23F3N2O6S. The molecule has 0 aliphatic heterocycles. The monoisotopic (exact) mass is 560 g/mol. The zero-order valence-electron chi connectivity index (χ0n) is 20.3. The number of rotatable bonds is 11. The van der Waals surface area contributed by atoms with Crippen LogP contribution >= 0.6 is 11.3 Å². The van der Waals surface area contributed by atoms with E-state index < -0.39 is 24.9 Å². The van der Waals surface area contributed by atoms with Crippen LogP contribution in [0.25, 0.3) is 10.2 Å². The van der Waals surface area contributed by atoms with Crippen LogP contribution < -0.4 is 9.61 Å². The molecule has 0 fully saturated rings. The van der Waals surface area contributed by atoms with E-state index in [0.29, 0.717) is 28.1 Å². The number of aliphatic carboxylic acids is 1. The van der Waals surface area contributed by atoms with Crippen molar-refractivity contribution in [3.05, 3.63) is 99.2 Å². The normalized spacial score (nSPS) is 12.9. The van der Waals surface area contributed by atoms with Crippen LogP contribution in [0.15, 0.2) is 82.7 Å². The molecule has 4 aromatic rings. The van der Waals surface area contributed by atoms with Gasteiger partial charge in [0.25, 0.3) is 0 Å². The summed E-state index contributed by atoms with van der Waals surface area (Å²) in [5.41, 5.74) is 2.96. The molecule has 0 aliphatic rings. The molecule has 8 nitrogen and oxygen atoms in total. The molecule has 0 spiro atoms. The lowest BCUT2D eigenvalue weighted by Crippen LogP contribution is -2.31. The number of ether oxygens (including phenoxy) is 2. The lowest BCUT2D eigenvalue weighted by molar-refractivity contribution is -0.192. The van der Waals surface area contributed by atoms with Crippen molar-refractivity contribution < 1.29 is 37.8 Å². The van der Waals surface area contributed by atoms with E-state index in [1.807, 2.05) is 30.3 Å². The highest BCUT2D eigenvalue weighted by atomic mass is 32.1. The second-order valence-electron chi connectivity index (χ2n) is 8.47. The number of hydrogen-bond donors (Lipinski definition) is 2. The molecule has 0 saturated heterocycles. The lowest BCUT2D eigenvalue weighted by Gasteiger charge is -2.15. The Morgan fingerprint density at radius 3 is 2.38 bits per heavy atom. The lowest BCUT2D eigenvalue weighted by atomic mass is 10.0. The van der Waals surface area contributed by atoms with E-state index in [9.17, 15) is 28.0 Å². The van der Waals surface area contributed by atoms with Gasteiger partial charge in [-0.3, -0.25) is 9.36 Å². The third kappa shape index (κ3) is 7.24. The van der Waals surface area contributed by atoms with Crippen molar-refractivity contribution in [1.29, 1.82) is 0 Å². The highest BCUT2D eigenvalue weighted by molar-refractivity contribution is 7.16. The van der Waals surface area contributed by atoms with Crippen molar-refractivity contribution in [3.63, 3.8) is 0 Å². The minimum Gasteiger partial charge on any atom is -0.492 e. The number of oxime groups is 1. The molecule has 39 heavy (non-hydrogen) atoms. The predicted molar refractivity (Wildman–Crippen MR) is 139 cm³/mol. The topological polar surface area (TPSA) is 110 Å². The van der Waals surface area contributed by atoms with Crippen LogP contribution in [0.1, 0.15) is 16.7 Å². The summed E-state index contributed by atoms with van der Waals surface area (Å²) in [6, 6.07) is 20.7. The minimum absolute atomic E-state index is 0.159. The van der Waals surface area contributed by atoms with Gasteiger partial charge >= 0.3 is 17.0 Å². The summed E-state index contributed by atoms with van der Waals surface area (Å²) in [6.07, 6.45) is -6.50. The van der Waals surface area contributed by atoms with Crippen molar-refractivity contribution in [2.24, 2.45) is 5.16 Å². The van der Waals surface area contributed by atoms with E-state index in [0.717, 1.165) is 21.6 Å². The van der Waals surface area contributed by atoms with E-state index in [4.69, 9.17) is 9.84 Å². The van der Waals surface area contributed by atoms with Gasteiger partial charge in [0.2, 0.25) is 0 Å². The first-order valence-electron chi connectivity index (χ1n) is 11.7. The first-order valence-corrected chi connectivity index (χ1v) is 12.5. The molecule has 4 rings (SSSR count). The maximum Gasteiger partial charge on any atom is 0.411 e. The van der Waals surface area contributed by atoms with Crippen LogP contribution in [-0.2, 0) is 22.5 Å². The van der Waals surface area contributed by atoms with Gasteiger partial charge in [-0.25, -0.2) is 4.79 Å². The second kappa shape index (κ2) is 12.1. The fraction of sp³-hybridized carbons (Fsp3) is 0.222. The zero-order valence-corrected chi connectivity index (χ0v) is 21.1. The summed E-state index contributed by atoms with van der Waals surface area (Å²) in [7, 11) is 0. The van der Waals surface area contributed by atoms with Gasteiger partial charge < -0.3 is 19.8 Å². The number of hydrogen-bond acceptors (Lipinski definition) is 7. The quantitative estimate of drug-likeness (QED) is 0.153. The van der Waals surface area contributed by atoms with Crippen molar-refractivity contribution in [1.82, 2.24) is 4.57 Å². The van der Waals surface area contributed by atoms with Crippen LogP contribution in [0.4, 0.5) is 13.2 Å². The van der Waals surface area contributed by atoms with Gasteiger partial charge in [-0.2, -0.15) is 13.2 Å². The van der Waals surface area contributed by atoms with E-state index in [1.165, 1.54) is 0 Å². The Hall–Kier alpha value is -4.16. The number of alkyl halides is 3. The Morgan fingerprint density at radius 1 is 1.03 bits per heavy atom. The largest absolute Gasteiger partial charge is 0.492 e. The average molecular weight is 561 g/mol. The van der Waals surface area contributed by atoms with Crippen LogP contribution in [0, 0.1) is 0 Å². The molecule has 0 aliphatic carbocycles. The highest BCUT2D eigenvalue weighted by Gasteiger charge is 2.31. The third-order valence-electron chi connectivity index (χ3n) is 5.74. The molecule has 0 saturated carbocycles. The zero-order chi connectivity index (χ0) is 28.0. The summed E-state index contributed by atoms with van der Waals surface area (Å²) in [4.78, 5) is 23.7. The standard InChI is InChI=1S/C27H23F3N2O6S/c28-27(29,30)16-38-22(25(33)34)14-17-6-9-20(10-7-17)37-13-12-32-21-11-8-19(15-23(21)39-26(32)35)24(31-36)18-4-2-1-3-5-18/h1-11,15,22,36H,12-14,16H2,(H,33,34). The number of aromatic nitrogens is 1. The predicted octanol–water partition coefficient (Wildman–Crippen LogP) is 4.94. The maximum atomic E-state index is 12.6. The van der Waals surface area contributed by atoms with Crippen molar-refractivity contribution in [2.75, 3.05) is 13.2 Å². The molecule has 0 amide bonds. The Kier molecular flexibility index (Phi) is 8.67. The Morgan fingerprint density at radius 2 is 1.74 bits per heavy atom. The number of nitrogens with zero attached hydrogens (tertiary/aromatic N) is 2.